The second kappa shape index (κ2) is 14.1. The highest BCUT2D eigenvalue weighted by Crippen LogP contribution is 2.63. The molecule has 46 heavy (non-hydrogen) atoms. The molecule has 2 aliphatic carbocycles. The van der Waals surface area contributed by atoms with E-state index in [1.165, 1.54) is 20.8 Å². The number of carboxylic acids is 1. The molecule has 10 nitrogen and oxygen atoms in total. The molecule has 1 saturated heterocycles. The van der Waals surface area contributed by atoms with E-state index < -0.39 is 96.5 Å². The second-order valence-corrected chi connectivity index (χ2v) is 10.6. The van der Waals surface area contributed by atoms with Crippen molar-refractivity contribution in [3.05, 3.63) is 36.5 Å². The van der Waals surface area contributed by atoms with Crippen molar-refractivity contribution in [3.63, 3.8) is 0 Å². The van der Waals surface area contributed by atoms with Crippen molar-refractivity contribution < 1.29 is 87.5 Å². The van der Waals surface area contributed by atoms with Gasteiger partial charge in [-0.05, 0) is 40.5 Å². The molecule has 0 radical (unpaired) electrons. The average molecular weight is 685 g/mol. The van der Waals surface area contributed by atoms with Crippen LogP contribution in [-0.2, 0) is 42.9 Å². The molecule has 3 aliphatic rings. The minimum Gasteiger partial charge on any atom is -0.478 e. The Labute approximate surface area is 255 Å². The fourth-order valence-corrected chi connectivity index (χ4v) is 4.52. The molecule has 1 heterocycles. The SMILES string of the molecule is C=C(C)C(=O)O.C=C(C)C(=O)OC(C)C(F)(F)F.C=C(C)C(=O)OC1C2CC3C1OC(=O)C3(C(=O)OC(C(F)(F)F)C(F)(F)F)C2. The highest BCUT2D eigenvalue weighted by molar-refractivity contribution is 6.03. The Hall–Kier alpha value is -4.06. The number of fused-ring (bicyclic) bond motifs is 1. The molecule has 0 aromatic carbocycles. The lowest BCUT2D eigenvalue weighted by Gasteiger charge is -2.32. The summed E-state index contributed by atoms with van der Waals surface area (Å²) in [5.41, 5.74) is -2.09. The third-order valence-corrected chi connectivity index (χ3v) is 6.80. The second-order valence-electron chi connectivity index (χ2n) is 10.6. The van der Waals surface area contributed by atoms with Crippen molar-refractivity contribution >= 4 is 29.8 Å². The van der Waals surface area contributed by atoms with E-state index in [1.54, 1.807) is 0 Å². The summed E-state index contributed by atoms with van der Waals surface area (Å²) in [4.78, 5) is 56.5. The molecule has 260 valence electrons. The van der Waals surface area contributed by atoms with Gasteiger partial charge < -0.3 is 24.1 Å². The van der Waals surface area contributed by atoms with Gasteiger partial charge in [-0.3, -0.25) is 9.59 Å². The smallest absolute Gasteiger partial charge is 0.434 e. The Balaban J connectivity index is 0.000000486. The lowest BCUT2D eigenvalue weighted by Crippen LogP contribution is -2.51. The van der Waals surface area contributed by atoms with Gasteiger partial charge in [0.05, 0.1) is 0 Å². The number of carbonyl (C=O) groups is 5. The molecule has 0 aromatic heterocycles. The van der Waals surface area contributed by atoms with Crippen molar-refractivity contribution in [2.75, 3.05) is 0 Å². The van der Waals surface area contributed by atoms with Gasteiger partial charge in [-0.1, -0.05) is 19.7 Å². The lowest BCUT2D eigenvalue weighted by molar-refractivity contribution is -0.315. The lowest BCUT2D eigenvalue weighted by atomic mass is 9.73. The van der Waals surface area contributed by atoms with Gasteiger partial charge in [0.2, 0.25) is 0 Å². The van der Waals surface area contributed by atoms with E-state index in [2.05, 4.69) is 29.2 Å². The minimum absolute atomic E-state index is 0.0499. The van der Waals surface area contributed by atoms with Crippen LogP contribution < -0.4 is 0 Å². The van der Waals surface area contributed by atoms with Crippen LogP contribution in [0.1, 0.15) is 40.5 Å². The summed E-state index contributed by atoms with van der Waals surface area (Å²) >= 11 is 0. The molecule has 1 aliphatic heterocycles. The Kier molecular flexibility index (Phi) is 12.3. The molecular weight excluding hydrogens is 655 g/mol. The normalized spacial score (nSPS) is 25.1. The summed E-state index contributed by atoms with van der Waals surface area (Å²) in [5.74, 6) is -7.64. The van der Waals surface area contributed by atoms with E-state index >= 15 is 0 Å². The summed E-state index contributed by atoms with van der Waals surface area (Å²) in [6.45, 7) is 14.6. The molecule has 6 atom stereocenters. The summed E-state index contributed by atoms with van der Waals surface area (Å²) in [6, 6.07) is 0. The third-order valence-electron chi connectivity index (χ3n) is 6.80. The molecule has 0 spiro atoms. The van der Waals surface area contributed by atoms with E-state index in [9.17, 15) is 63.5 Å². The van der Waals surface area contributed by atoms with Crippen LogP contribution in [0.15, 0.2) is 36.5 Å². The van der Waals surface area contributed by atoms with Crippen LogP contribution in [0.2, 0.25) is 0 Å². The van der Waals surface area contributed by atoms with Crippen molar-refractivity contribution in [1.29, 1.82) is 0 Å². The number of carbonyl (C=O) groups excluding carboxylic acids is 4. The van der Waals surface area contributed by atoms with Crippen LogP contribution in [0.3, 0.4) is 0 Å². The fourth-order valence-electron chi connectivity index (χ4n) is 4.52. The van der Waals surface area contributed by atoms with Gasteiger partial charge >= 0.3 is 48.4 Å². The predicted molar refractivity (Wildman–Crippen MR) is 134 cm³/mol. The van der Waals surface area contributed by atoms with Crippen LogP contribution in [0.25, 0.3) is 0 Å². The Morgan fingerprint density at radius 3 is 1.67 bits per heavy atom. The fraction of sp³-hybridized carbons (Fsp3) is 0.593. The highest BCUT2D eigenvalue weighted by Gasteiger charge is 2.76. The standard InChI is InChI=1S/C16H14F6O6.C7H9F3O2.C4H6O2/c1-5(2)10(23)26-8-6-3-7-9(8)27-12(24)14(7,4-6)13(25)28-11(15(17,18)19)16(20,21)22;1-4(2)6(11)12-5(3)7(8,9)10;1-3(2)4(5)6/h6-9,11H,1,3-4H2,2H3;5H,1H2,2-3H3;1H2,2H3,(H,5,6). The molecule has 6 unspecified atom stereocenters. The van der Waals surface area contributed by atoms with Gasteiger partial charge in [-0.15, -0.1) is 0 Å². The van der Waals surface area contributed by atoms with Gasteiger partial charge in [0.1, 0.15) is 12.2 Å². The largest absolute Gasteiger partial charge is 0.478 e. The summed E-state index contributed by atoms with van der Waals surface area (Å²) in [7, 11) is 0. The molecular formula is C27H29F9O10. The molecule has 2 saturated carbocycles. The Bertz CT molecular complexity index is 1240. The average Bonchev–Trinajstić information content (AvgIpc) is 3.48. The van der Waals surface area contributed by atoms with E-state index in [-0.39, 0.29) is 23.1 Å². The molecule has 2 bridgehead atoms. The number of alkyl halides is 9. The maximum atomic E-state index is 12.7. The van der Waals surface area contributed by atoms with Crippen LogP contribution in [0.4, 0.5) is 39.5 Å². The molecule has 0 amide bonds. The zero-order valence-corrected chi connectivity index (χ0v) is 24.5. The number of aliphatic carboxylic acids is 1. The minimum atomic E-state index is -5.90. The Morgan fingerprint density at radius 1 is 0.848 bits per heavy atom. The van der Waals surface area contributed by atoms with Crippen LogP contribution >= 0.6 is 0 Å². The number of carboxylic acid groups (broad SMARTS) is 1. The van der Waals surface area contributed by atoms with E-state index in [0.29, 0.717) is 0 Å². The van der Waals surface area contributed by atoms with E-state index in [1.807, 2.05) is 0 Å². The maximum Gasteiger partial charge on any atom is 0.434 e. The predicted octanol–water partition coefficient (Wildman–Crippen LogP) is 5.17. The highest BCUT2D eigenvalue weighted by atomic mass is 19.4. The van der Waals surface area contributed by atoms with Crippen LogP contribution in [-0.4, -0.2) is 77.9 Å². The quantitative estimate of drug-likeness (QED) is 0.126. The molecule has 0 aromatic rings. The summed E-state index contributed by atoms with van der Waals surface area (Å²) in [6.07, 6.45) is -25.2. The number of hydrogen-bond acceptors (Lipinski definition) is 9. The van der Waals surface area contributed by atoms with Crippen molar-refractivity contribution in [2.45, 2.75) is 83.5 Å². The monoisotopic (exact) mass is 684 g/mol. The van der Waals surface area contributed by atoms with Crippen LogP contribution in [0, 0.1) is 17.3 Å². The van der Waals surface area contributed by atoms with E-state index in [4.69, 9.17) is 14.6 Å². The first kappa shape index (κ1) is 40.0. The molecule has 3 rings (SSSR count). The first-order chi connectivity index (χ1) is 20.6. The van der Waals surface area contributed by atoms with Gasteiger partial charge in [0.15, 0.2) is 11.5 Å². The third kappa shape index (κ3) is 9.24. The van der Waals surface area contributed by atoms with Gasteiger partial charge in [-0.25, -0.2) is 14.4 Å². The Morgan fingerprint density at radius 2 is 1.30 bits per heavy atom. The number of hydrogen-bond donors (Lipinski definition) is 1. The van der Waals surface area contributed by atoms with Crippen molar-refractivity contribution in [1.82, 2.24) is 0 Å². The molecule has 19 heteroatoms. The first-order valence-corrected chi connectivity index (χ1v) is 12.8. The number of rotatable bonds is 7. The summed E-state index contributed by atoms with van der Waals surface area (Å²) < 4.78 is 129. The first-order valence-electron chi connectivity index (χ1n) is 12.8. The van der Waals surface area contributed by atoms with Gasteiger partial charge in [0.25, 0.3) is 6.10 Å². The molecule has 3 fully saturated rings. The zero-order chi connectivity index (χ0) is 36.3. The maximum absolute atomic E-state index is 12.7. The van der Waals surface area contributed by atoms with E-state index in [0.717, 1.165) is 6.92 Å². The number of ether oxygens (including phenoxy) is 4. The molecule has 1 N–H and O–H groups in total. The number of esters is 4. The van der Waals surface area contributed by atoms with Gasteiger partial charge in [-0.2, -0.15) is 39.5 Å². The zero-order valence-electron chi connectivity index (χ0n) is 24.5. The van der Waals surface area contributed by atoms with Crippen molar-refractivity contribution in [3.8, 4) is 0 Å². The van der Waals surface area contributed by atoms with Crippen LogP contribution in [0.5, 0.6) is 0 Å². The van der Waals surface area contributed by atoms with Crippen molar-refractivity contribution in [2.24, 2.45) is 17.3 Å². The summed E-state index contributed by atoms with van der Waals surface area (Å²) in [5, 5.41) is 7.89. The van der Waals surface area contributed by atoms with Gasteiger partial charge in [0, 0.05) is 28.6 Å². The topological polar surface area (TPSA) is 142 Å². The number of halogens is 9.